The molecule has 106 valence electrons. The van der Waals surface area contributed by atoms with Crippen LogP contribution >= 0.6 is 0 Å². The lowest BCUT2D eigenvalue weighted by atomic mass is 10.1. The molecule has 0 aromatic rings. The second-order valence-corrected chi connectivity index (χ2v) is 4.89. The van der Waals surface area contributed by atoms with Crippen molar-refractivity contribution in [3.63, 3.8) is 0 Å². The van der Waals surface area contributed by atoms with E-state index in [2.05, 4.69) is 0 Å². The predicted molar refractivity (Wildman–Crippen MR) is 52.1 cm³/mol. The summed E-state index contributed by atoms with van der Waals surface area (Å²) < 4.78 is 79.4. The summed E-state index contributed by atoms with van der Waals surface area (Å²) in [5, 5.41) is 2.74. The SMILES string of the molecule is CC(=CCCC(F)(F)C(F)(F)S(=O)(=O)O)C(=O)O. The van der Waals surface area contributed by atoms with Crippen LogP contribution < -0.4 is 0 Å². The number of rotatable bonds is 6. The molecular formula is C8H10F4O5S. The van der Waals surface area contributed by atoms with Gasteiger partial charge in [0.25, 0.3) is 0 Å². The molecule has 0 atom stereocenters. The van der Waals surface area contributed by atoms with E-state index < -0.39 is 40.1 Å². The molecular weight excluding hydrogens is 284 g/mol. The molecule has 0 aromatic carbocycles. The van der Waals surface area contributed by atoms with Gasteiger partial charge in [-0.05, 0) is 13.3 Å². The van der Waals surface area contributed by atoms with Crippen LogP contribution in [0.3, 0.4) is 0 Å². The molecule has 0 saturated heterocycles. The van der Waals surface area contributed by atoms with Crippen molar-refractivity contribution in [3.8, 4) is 0 Å². The average molecular weight is 294 g/mol. The van der Waals surface area contributed by atoms with E-state index in [9.17, 15) is 30.8 Å². The number of carboxylic acid groups (broad SMARTS) is 1. The molecule has 0 heterocycles. The van der Waals surface area contributed by atoms with Gasteiger partial charge in [0.15, 0.2) is 0 Å². The molecule has 0 fully saturated rings. The molecule has 2 N–H and O–H groups in total. The first kappa shape index (κ1) is 16.8. The van der Waals surface area contributed by atoms with Crippen LogP contribution in [0.5, 0.6) is 0 Å². The minimum Gasteiger partial charge on any atom is -0.478 e. The van der Waals surface area contributed by atoms with Crippen molar-refractivity contribution in [1.82, 2.24) is 0 Å². The number of aliphatic carboxylic acids is 1. The number of hydrogen-bond acceptors (Lipinski definition) is 3. The monoisotopic (exact) mass is 294 g/mol. The molecule has 0 rings (SSSR count). The van der Waals surface area contributed by atoms with Crippen molar-refractivity contribution in [2.75, 3.05) is 0 Å². The van der Waals surface area contributed by atoms with Gasteiger partial charge in [0.1, 0.15) is 0 Å². The molecule has 0 saturated carbocycles. The summed E-state index contributed by atoms with van der Waals surface area (Å²) >= 11 is 0. The summed E-state index contributed by atoms with van der Waals surface area (Å²) in [6.45, 7) is 1.06. The Hall–Kier alpha value is -1.16. The Balaban J connectivity index is 4.89. The van der Waals surface area contributed by atoms with Crippen molar-refractivity contribution in [2.45, 2.75) is 30.9 Å². The number of halogens is 4. The summed E-state index contributed by atoms with van der Waals surface area (Å²) in [5.41, 5.74) is -0.346. The second-order valence-electron chi connectivity index (χ2n) is 3.43. The topological polar surface area (TPSA) is 91.7 Å². The van der Waals surface area contributed by atoms with Crippen molar-refractivity contribution in [3.05, 3.63) is 11.6 Å². The third kappa shape index (κ3) is 3.67. The maximum absolute atomic E-state index is 12.9. The number of carboxylic acids is 1. The number of carbonyl (C=O) groups is 1. The maximum atomic E-state index is 12.9. The van der Waals surface area contributed by atoms with Gasteiger partial charge in [0.2, 0.25) is 0 Å². The Morgan fingerprint density at radius 3 is 2.06 bits per heavy atom. The van der Waals surface area contributed by atoms with Crippen LogP contribution in [0, 0.1) is 0 Å². The van der Waals surface area contributed by atoms with Gasteiger partial charge < -0.3 is 5.11 Å². The predicted octanol–water partition coefficient (Wildman–Crippen LogP) is 1.91. The van der Waals surface area contributed by atoms with E-state index in [0.717, 1.165) is 13.0 Å². The Morgan fingerprint density at radius 2 is 1.72 bits per heavy atom. The lowest BCUT2D eigenvalue weighted by Gasteiger charge is -2.23. The van der Waals surface area contributed by atoms with E-state index in [4.69, 9.17) is 9.66 Å². The Morgan fingerprint density at radius 1 is 1.28 bits per heavy atom. The standard InChI is InChI=1S/C8H10F4O5S/c1-5(6(13)14)3-2-4-7(9,10)8(11,12)18(15,16)17/h3H,2,4H2,1H3,(H,13,14)(H,15,16,17). The highest BCUT2D eigenvalue weighted by Crippen LogP contribution is 2.41. The summed E-state index contributed by atoms with van der Waals surface area (Å²) in [7, 11) is -6.25. The fraction of sp³-hybridized carbons (Fsp3) is 0.625. The lowest BCUT2D eigenvalue weighted by molar-refractivity contribution is -0.163. The van der Waals surface area contributed by atoms with E-state index in [1.807, 2.05) is 0 Å². The molecule has 0 bridgehead atoms. The van der Waals surface area contributed by atoms with Crippen LogP contribution in [0.2, 0.25) is 0 Å². The Labute approximate surface area is 99.9 Å². The van der Waals surface area contributed by atoms with Crippen LogP contribution in [0.25, 0.3) is 0 Å². The first-order valence-electron chi connectivity index (χ1n) is 4.45. The Bertz CT molecular complexity index is 454. The summed E-state index contributed by atoms with van der Waals surface area (Å²) in [6.07, 6.45) is -1.66. The molecule has 0 spiro atoms. The van der Waals surface area contributed by atoms with Crippen molar-refractivity contribution in [1.29, 1.82) is 0 Å². The highest BCUT2D eigenvalue weighted by Gasteiger charge is 2.64. The van der Waals surface area contributed by atoms with Gasteiger partial charge in [-0.15, -0.1) is 0 Å². The van der Waals surface area contributed by atoms with E-state index in [-0.39, 0.29) is 5.57 Å². The number of allylic oxidation sites excluding steroid dienone is 1. The molecule has 18 heavy (non-hydrogen) atoms. The van der Waals surface area contributed by atoms with Crippen molar-refractivity contribution in [2.24, 2.45) is 0 Å². The Kier molecular flexibility index (Phi) is 4.89. The maximum Gasteiger partial charge on any atom is 0.431 e. The van der Waals surface area contributed by atoms with Gasteiger partial charge in [-0.2, -0.15) is 26.0 Å². The third-order valence-electron chi connectivity index (χ3n) is 2.00. The first-order valence-corrected chi connectivity index (χ1v) is 5.89. The largest absolute Gasteiger partial charge is 0.478 e. The average Bonchev–Trinajstić information content (AvgIpc) is 2.14. The zero-order valence-electron chi connectivity index (χ0n) is 9.03. The van der Waals surface area contributed by atoms with Gasteiger partial charge in [-0.3, -0.25) is 4.55 Å². The van der Waals surface area contributed by atoms with Crippen LogP contribution in [0.4, 0.5) is 17.6 Å². The normalized spacial score (nSPS) is 14.7. The zero-order valence-corrected chi connectivity index (χ0v) is 9.85. The summed E-state index contributed by atoms with van der Waals surface area (Å²) in [6, 6.07) is 0. The molecule has 0 radical (unpaired) electrons. The minimum atomic E-state index is -6.25. The van der Waals surface area contributed by atoms with Crippen LogP contribution in [-0.4, -0.2) is 35.2 Å². The van der Waals surface area contributed by atoms with Gasteiger partial charge in [-0.1, -0.05) is 6.08 Å². The highest BCUT2D eigenvalue weighted by molar-refractivity contribution is 7.87. The molecule has 0 aliphatic heterocycles. The van der Waals surface area contributed by atoms with Crippen molar-refractivity contribution < 1.29 is 40.4 Å². The first-order chi connectivity index (χ1) is 7.83. The molecule has 0 aliphatic carbocycles. The van der Waals surface area contributed by atoms with Gasteiger partial charge in [-0.25, -0.2) is 4.79 Å². The van der Waals surface area contributed by atoms with Gasteiger partial charge in [0, 0.05) is 12.0 Å². The molecule has 0 unspecified atom stereocenters. The van der Waals surface area contributed by atoms with Crippen molar-refractivity contribution >= 4 is 16.1 Å². The molecule has 0 aliphatic rings. The third-order valence-corrected chi connectivity index (χ3v) is 2.94. The smallest absolute Gasteiger partial charge is 0.431 e. The van der Waals surface area contributed by atoms with E-state index in [0.29, 0.717) is 0 Å². The van der Waals surface area contributed by atoms with Gasteiger partial charge >= 0.3 is 27.3 Å². The van der Waals surface area contributed by atoms with E-state index >= 15 is 0 Å². The second kappa shape index (κ2) is 5.22. The van der Waals surface area contributed by atoms with Crippen LogP contribution in [0.15, 0.2) is 11.6 Å². The van der Waals surface area contributed by atoms with E-state index in [1.165, 1.54) is 0 Å². The molecule has 0 amide bonds. The molecule has 10 heteroatoms. The summed E-state index contributed by atoms with van der Waals surface area (Å²) in [5.74, 6) is -6.42. The van der Waals surface area contributed by atoms with Gasteiger partial charge in [0.05, 0.1) is 0 Å². The quantitative estimate of drug-likeness (QED) is 0.443. The summed E-state index contributed by atoms with van der Waals surface area (Å²) in [4.78, 5) is 10.3. The molecule has 5 nitrogen and oxygen atoms in total. The lowest BCUT2D eigenvalue weighted by Crippen LogP contribution is -2.46. The zero-order chi connectivity index (χ0) is 14.8. The van der Waals surface area contributed by atoms with Crippen LogP contribution in [0.1, 0.15) is 19.8 Å². The molecule has 0 aromatic heterocycles. The van der Waals surface area contributed by atoms with Crippen LogP contribution in [-0.2, 0) is 14.9 Å². The minimum absolute atomic E-state index is 0.346. The fourth-order valence-corrected chi connectivity index (χ4v) is 1.37. The van der Waals surface area contributed by atoms with E-state index in [1.54, 1.807) is 0 Å². The highest BCUT2D eigenvalue weighted by atomic mass is 32.2. The number of alkyl halides is 4. The fourth-order valence-electron chi connectivity index (χ4n) is 0.891. The number of hydrogen-bond donors (Lipinski definition) is 2.